The van der Waals surface area contributed by atoms with Gasteiger partial charge in [-0.25, -0.2) is 14.8 Å². The van der Waals surface area contributed by atoms with E-state index in [1.54, 1.807) is 11.1 Å². The number of fused-ring (bicyclic) bond motifs is 1. The Morgan fingerprint density at radius 2 is 2.39 bits per heavy atom. The second-order valence-electron chi connectivity index (χ2n) is 4.80. The second kappa shape index (κ2) is 6.35. The molecule has 0 amide bonds. The van der Waals surface area contributed by atoms with Crippen LogP contribution in [0.5, 0.6) is 0 Å². The maximum Gasteiger partial charge on any atom is 0.326 e. The van der Waals surface area contributed by atoms with Crippen LogP contribution in [0.25, 0.3) is 0 Å². The van der Waals surface area contributed by atoms with Crippen LogP contribution in [0.4, 0.5) is 21.6 Å². The van der Waals surface area contributed by atoms with Crippen molar-refractivity contribution in [3.63, 3.8) is 0 Å². The van der Waals surface area contributed by atoms with Gasteiger partial charge in [-0.05, 0) is 35.4 Å². The summed E-state index contributed by atoms with van der Waals surface area (Å²) in [6.07, 6.45) is 1.00. The summed E-state index contributed by atoms with van der Waals surface area (Å²) >= 11 is 5.67. The van der Waals surface area contributed by atoms with Crippen molar-refractivity contribution < 1.29 is 13.9 Å². The molecule has 23 heavy (non-hydrogen) atoms. The fourth-order valence-corrected chi connectivity index (χ4v) is 2.37. The van der Waals surface area contributed by atoms with Crippen LogP contribution in [-0.2, 0) is 16.1 Å². The van der Waals surface area contributed by atoms with E-state index in [0.29, 0.717) is 12.2 Å². The number of carbonyl (C=O) groups excluding carboxylic acids is 1. The first kappa shape index (κ1) is 15.4. The van der Waals surface area contributed by atoms with Gasteiger partial charge < -0.3 is 10.1 Å². The molecular weight excluding hydrogens is 325 g/mol. The van der Waals surface area contributed by atoms with Gasteiger partial charge in [-0.15, -0.1) is 0 Å². The van der Waals surface area contributed by atoms with Crippen LogP contribution < -0.4 is 15.8 Å². The molecule has 120 valence electrons. The van der Waals surface area contributed by atoms with Crippen LogP contribution in [-0.4, -0.2) is 29.6 Å². The van der Waals surface area contributed by atoms with Gasteiger partial charge in [-0.3, -0.25) is 9.80 Å². The SMILES string of the molecule is COC(=O)CN1NCc2cc(Nc3nc(Cl)ncc3F)ccc21. The third-order valence-electron chi connectivity index (χ3n) is 3.32. The zero-order chi connectivity index (χ0) is 16.4. The van der Waals surface area contributed by atoms with E-state index in [0.717, 1.165) is 17.4 Å². The Kier molecular flexibility index (Phi) is 4.26. The number of carbonyl (C=O) groups is 1. The van der Waals surface area contributed by atoms with Gasteiger partial charge >= 0.3 is 5.97 Å². The number of nitrogens with zero attached hydrogens (tertiary/aromatic N) is 3. The summed E-state index contributed by atoms with van der Waals surface area (Å²) in [5, 5.41) is 4.52. The molecule has 0 spiro atoms. The molecule has 2 N–H and O–H groups in total. The average Bonchev–Trinajstić information content (AvgIpc) is 2.93. The topological polar surface area (TPSA) is 79.4 Å². The predicted octanol–water partition coefficient (Wildman–Crippen LogP) is 2.01. The lowest BCUT2D eigenvalue weighted by atomic mass is 10.1. The molecule has 2 aromatic rings. The standard InChI is InChI=1S/C14H13ClFN5O2/c1-23-12(22)7-21-11-3-2-9(4-8(11)5-18-21)19-13-10(16)6-17-14(15)20-13/h2-4,6,18H,5,7H2,1H3,(H,17,19,20). The minimum atomic E-state index is -0.597. The highest BCUT2D eigenvalue weighted by molar-refractivity contribution is 6.28. The number of hydrogen-bond donors (Lipinski definition) is 2. The van der Waals surface area contributed by atoms with Crippen LogP contribution in [0.1, 0.15) is 5.56 Å². The van der Waals surface area contributed by atoms with Crippen molar-refractivity contribution in [1.82, 2.24) is 15.4 Å². The fraction of sp³-hybridized carbons (Fsp3) is 0.214. The Morgan fingerprint density at radius 1 is 1.57 bits per heavy atom. The van der Waals surface area contributed by atoms with Gasteiger partial charge in [0.25, 0.3) is 0 Å². The number of hydrogen-bond acceptors (Lipinski definition) is 7. The summed E-state index contributed by atoms with van der Waals surface area (Å²) in [5.74, 6) is -0.937. The molecule has 0 bridgehead atoms. The van der Waals surface area contributed by atoms with Crippen molar-refractivity contribution in [2.75, 3.05) is 24.0 Å². The molecule has 1 aliphatic rings. The van der Waals surface area contributed by atoms with Crippen molar-refractivity contribution in [2.45, 2.75) is 6.54 Å². The molecule has 0 aliphatic carbocycles. The molecule has 0 fully saturated rings. The lowest BCUT2D eigenvalue weighted by Crippen LogP contribution is -2.37. The molecule has 3 rings (SSSR count). The highest BCUT2D eigenvalue weighted by Crippen LogP contribution is 2.29. The number of benzene rings is 1. The number of hydrazine groups is 1. The van der Waals surface area contributed by atoms with Crippen LogP contribution in [0.3, 0.4) is 0 Å². The number of rotatable bonds is 4. The van der Waals surface area contributed by atoms with Crippen LogP contribution in [0.15, 0.2) is 24.4 Å². The van der Waals surface area contributed by atoms with Crippen molar-refractivity contribution >= 4 is 34.8 Å². The Labute approximate surface area is 136 Å². The highest BCUT2D eigenvalue weighted by Gasteiger charge is 2.21. The van der Waals surface area contributed by atoms with E-state index in [9.17, 15) is 9.18 Å². The van der Waals surface area contributed by atoms with Gasteiger partial charge in [0.1, 0.15) is 6.54 Å². The Hall–Kier alpha value is -2.45. The van der Waals surface area contributed by atoms with E-state index < -0.39 is 5.82 Å². The first-order valence-corrected chi connectivity index (χ1v) is 7.10. The normalized spacial score (nSPS) is 12.9. The lowest BCUT2D eigenvalue weighted by Gasteiger charge is -2.17. The fourth-order valence-electron chi connectivity index (χ4n) is 2.24. The molecule has 0 unspecified atom stereocenters. The monoisotopic (exact) mass is 337 g/mol. The molecule has 1 aromatic heterocycles. The number of ether oxygens (including phenoxy) is 1. The first-order valence-electron chi connectivity index (χ1n) is 6.72. The third-order valence-corrected chi connectivity index (χ3v) is 3.51. The molecule has 0 saturated carbocycles. The number of anilines is 3. The van der Waals surface area contributed by atoms with Crippen molar-refractivity contribution in [3.05, 3.63) is 41.1 Å². The summed E-state index contributed by atoms with van der Waals surface area (Å²) in [7, 11) is 1.34. The van der Waals surface area contributed by atoms with E-state index in [4.69, 9.17) is 11.6 Å². The molecule has 0 atom stereocenters. The van der Waals surface area contributed by atoms with Gasteiger partial charge in [0.2, 0.25) is 5.28 Å². The number of methoxy groups -OCH3 is 1. The molecule has 2 heterocycles. The number of esters is 1. The third kappa shape index (κ3) is 3.33. The zero-order valence-electron chi connectivity index (χ0n) is 12.1. The summed E-state index contributed by atoms with van der Waals surface area (Å²) in [6, 6.07) is 5.42. The van der Waals surface area contributed by atoms with E-state index >= 15 is 0 Å². The van der Waals surface area contributed by atoms with E-state index in [2.05, 4.69) is 25.4 Å². The molecular formula is C14H13ClFN5O2. The second-order valence-corrected chi connectivity index (χ2v) is 5.14. The summed E-state index contributed by atoms with van der Waals surface area (Å²) < 4.78 is 18.3. The van der Waals surface area contributed by atoms with Gasteiger partial charge in [0.05, 0.1) is 19.0 Å². The van der Waals surface area contributed by atoms with Gasteiger partial charge in [0.15, 0.2) is 11.6 Å². The summed E-state index contributed by atoms with van der Waals surface area (Å²) in [4.78, 5) is 18.7. The highest BCUT2D eigenvalue weighted by atomic mass is 35.5. The number of aromatic nitrogens is 2. The van der Waals surface area contributed by atoms with Gasteiger partial charge in [-0.2, -0.15) is 4.98 Å². The van der Waals surface area contributed by atoms with Gasteiger partial charge in [0, 0.05) is 12.2 Å². The quantitative estimate of drug-likeness (QED) is 0.652. The average molecular weight is 338 g/mol. The van der Waals surface area contributed by atoms with Gasteiger partial charge in [-0.1, -0.05) is 0 Å². The largest absolute Gasteiger partial charge is 0.468 e. The van der Waals surface area contributed by atoms with Crippen molar-refractivity contribution in [2.24, 2.45) is 0 Å². The van der Waals surface area contributed by atoms with Crippen LogP contribution >= 0.6 is 11.6 Å². The van der Waals surface area contributed by atoms with E-state index in [-0.39, 0.29) is 23.6 Å². The van der Waals surface area contributed by atoms with Crippen LogP contribution in [0.2, 0.25) is 5.28 Å². The Bertz CT molecular complexity index is 758. The predicted molar refractivity (Wildman–Crippen MR) is 82.9 cm³/mol. The van der Waals surface area contributed by atoms with E-state index in [1.165, 1.54) is 7.11 Å². The minimum Gasteiger partial charge on any atom is -0.468 e. The van der Waals surface area contributed by atoms with Crippen LogP contribution in [0, 0.1) is 5.82 Å². The number of halogens is 2. The number of nitrogens with one attached hydrogen (secondary N) is 2. The summed E-state index contributed by atoms with van der Waals surface area (Å²) in [5.41, 5.74) is 5.56. The maximum absolute atomic E-state index is 13.7. The molecule has 0 radical (unpaired) electrons. The molecule has 0 saturated heterocycles. The Morgan fingerprint density at radius 3 is 3.17 bits per heavy atom. The lowest BCUT2D eigenvalue weighted by molar-refractivity contribution is -0.139. The minimum absolute atomic E-state index is 0.00215. The zero-order valence-corrected chi connectivity index (χ0v) is 12.9. The van der Waals surface area contributed by atoms with E-state index in [1.807, 2.05) is 12.1 Å². The molecule has 7 nitrogen and oxygen atoms in total. The molecule has 1 aliphatic heterocycles. The maximum atomic E-state index is 13.7. The first-order chi connectivity index (χ1) is 11.1. The molecule has 9 heteroatoms. The van der Waals surface area contributed by atoms with Crippen molar-refractivity contribution in [3.8, 4) is 0 Å². The Balaban J connectivity index is 1.79. The smallest absolute Gasteiger partial charge is 0.326 e. The molecule has 1 aromatic carbocycles. The van der Waals surface area contributed by atoms with Crippen molar-refractivity contribution in [1.29, 1.82) is 0 Å². The summed E-state index contributed by atoms with van der Waals surface area (Å²) in [6.45, 7) is 0.654.